The van der Waals surface area contributed by atoms with Crippen LogP contribution in [0.25, 0.3) is 11.0 Å². The highest BCUT2D eigenvalue weighted by atomic mass is 32.1. The number of para-hydroxylation sites is 2. The van der Waals surface area contributed by atoms with Gasteiger partial charge in [0.1, 0.15) is 11.9 Å². The average Bonchev–Trinajstić information content (AvgIpc) is 3.33. The average molecular weight is 358 g/mol. The minimum atomic E-state index is -0.759. The van der Waals surface area contributed by atoms with Crippen LogP contribution < -0.4 is 0 Å². The maximum atomic E-state index is 11.1. The Balaban J connectivity index is 1.74. The molecule has 1 aromatic carbocycles. The van der Waals surface area contributed by atoms with Crippen LogP contribution in [0, 0.1) is 6.92 Å². The Kier molecular flexibility index (Phi) is 4.60. The summed E-state index contributed by atoms with van der Waals surface area (Å²) < 4.78 is 13.3. The second-order valence-electron chi connectivity index (χ2n) is 6.25. The second kappa shape index (κ2) is 6.88. The fraction of sp³-hybridized carbons (Fsp3) is 0.421. The van der Waals surface area contributed by atoms with E-state index in [1.165, 1.54) is 0 Å². The van der Waals surface area contributed by atoms with E-state index < -0.39 is 6.10 Å². The standard InChI is InChI=1S/C19H22N2O3S/c1-3-8-21-15-7-5-4-6-14(15)20-18(21)17(22)13-11-16(25-12(13)2)19-23-9-10-24-19/h4-7,11,17,19,22H,3,8-10H2,1-2H3. The quantitative estimate of drug-likeness (QED) is 0.750. The van der Waals surface area contributed by atoms with Gasteiger partial charge in [0.2, 0.25) is 0 Å². The van der Waals surface area contributed by atoms with Crippen molar-refractivity contribution in [2.24, 2.45) is 0 Å². The lowest BCUT2D eigenvalue weighted by Crippen LogP contribution is -2.10. The van der Waals surface area contributed by atoms with Crippen LogP contribution in [0.2, 0.25) is 0 Å². The third-order valence-corrected chi connectivity index (χ3v) is 5.59. The van der Waals surface area contributed by atoms with Crippen molar-refractivity contribution in [3.05, 3.63) is 51.5 Å². The molecule has 0 amide bonds. The third kappa shape index (κ3) is 3.00. The number of aliphatic hydroxyl groups is 1. The van der Waals surface area contributed by atoms with Gasteiger partial charge in [-0.15, -0.1) is 11.3 Å². The van der Waals surface area contributed by atoms with Crippen LogP contribution in [0.15, 0.2) is 30.3 Å². The lowest BCUT2D eigenvalue weighted by Gasteiger charge is -2.13. The van der Waals surface area contributed by atoms with Gasteiger partial charge in [0.15, 0.2) is 6.29 Å². The second-order valence-corrected chi connectivity index (χ2v) is 7.53. The first-order valence-electron chi connectivity index (χ1n) is 8.65. The molecule has 0 saturated carbocycles. The Morgan fingerprint density at radius 1 is 1.32 bits per heavy atom. The van der Waals surface area contributed by atoms with Crippen LogP contribution in [0.1, 0.15) is 46.9 Å². The van der Waals surface area contributed by atoms with Crippen LogP contribution in [0.5, 0.6) is 0 Å². The van der Waals surface area contributed by atoms with Gasteiger partial charge < -0.3 is 19.1 Å². The zero-order valence-electron chi connectivity index (χ0n) is 14.4. The highest BCUT2D eigenvalue weighted by molar-refractivity contribution is 7.12. The van der Waals surface area contributed by atoms with Gasteiger partial charge in [0.25, 0.3) is 0 Å². The molecule has 1 N–H and O–H groups in total. The Morgan fingerprint density at radius 2 is 2.08 bits per heavy atom. The van der Waals surface area contributed by atoms with Crippen molar-refractivity contribution in [1.82, 2.24) is 9.55 Å². The SMILES string of the molecule is CCCn1c(C(O)c2cc(C3OCCO3)sc2C)nc2ccccc21. The maximum Gasteiger partial charge on any atom is 0.193 e. The molecule has 0 aliphatic carbocycles. The summed E-state index contributed by atoms with van der Waals surface area (Å²) in [7, 11) is 0. The van der Waals surface area contributed by atoms with Crippen LogP contribution in [-0.4, -0.2) is 27.9 Å². The molecule has 2 aromatic heterocycles. The number of hydrogen-bond acceptors (Lipinski definition) is 5. The maximum absolute atomic E-state index is 11.1. The summed E-state index contributed by atoms with van der Waals surface area (Å²) in [5.74, 6) is 0.698. The monoisotopic (exact) mass is 358 g/mol. The largest absolute Gasteiger partial charge is 0.380 e. The number of nitrogens with zero attached hydrogens (tertiary/aromatic N) is 2. The third-order valence-electron chi connectivity index (χ3n) is 4.50. The van der Waals surface area contributed by atoms with Crippen LogP contribution >= 0.6 is 11.3 Å². The number of hydrogen-bond donors (Lipinski definition) is 1. The number of aryl methyl sites for hydroxylation is 2. The molecule has 25 heavy (non-hydrogen) atoms. The number of rotatable bonds is 5. The molecule has 4 rings (SSSR count). The topological polar surface area (TPSA) is 56.5 Å². The molecule has 3 aromatic rings. The molecule has 1 fully saturated rings. The van der Waals surface area contributed by atoms with Gasteiger partial charge in [-0.05, 0) is 31.5 Å². The van der Waals surface area contributed by atoms with Crippen molar-refractivity contribution in [3.63, 3.8) is 0 Å². The van der Waals surface area contributed by atoms with E-state index in [0.29, 0.717) is 19.0 Å². The molecule has 1 atom stereocenters. The summed E-state index contributed by atoms with van der Waals surface area (Å²) in [5, 5.41) is 11.1. The summed E-state index contributed by atoms with van der Waals surface area (Å²) >= 11 is 1.61. The molecule has 132 valence electrons. The molecule has 1 aliphatic rings. The Labute approximate surface area is 150 Å². The molecule has 1 unspecified atom stereocenters. The number of thiophene rings is 1. The molecule has 1 aliphatic heterocycles. The molecule has 0 radical (unpaired) electrons. The highest BCUT2D eigenvalue weighted by Crippen LogP contribution is 2.37. The predicted octanol–water partition coefficient (Wildman–Crippen LogP) is 3.94. The van der Waals surface area contributed by atoms with Gasteiger partial charge in [-0.25, -0.2) is 4.98 Å². The minimum absolute atomic E-state index is 0.306. The summed E-state index contributed by atoms with van der Waals surface area (Å²) in [6.45, 7) is 6.22. The normalized spacial score (nSPS) is 16.8. The van der Waals surface area contributed by atoms with E-state index in [1.807, 2.05) is 31.2 Å². The highest BCUT2D eigenvalue weighted by Gasteiger charge is 2.26. The number of fused-ring (bicyclic) bond motifs is 1. The van der Waals surface area contributed by atoms with Crippen LogP contribution in [-0.2, 0) is 16.0 Å². The fourth-order valence-corrected chi connectivity index (χ4v) is 4.39. The van der Waals surface area contributed by atoms with Crippen molar-refractivity contribution >= 4 is 22.4 Å². The van der Waals surface area contributed by atoms with Crippen molar-refractivity contribution in [2.75, 3.05) is 13.2 Å². The van der Waals surface area contributed by atoms with Gasteiger partial charge in [-0.3, -0.25) is 0 Å². The zero-order valence-corrected chi connectivity index (χ0v) is 15.3. The van der Waals surface area contributed by atoms with E-state index in [9.17, 15) is 5.11 Å². The molecule has 1 saturated heterocycles. The minimum Gasteiger partial charge on any atom is -0.380 e. The number of benzene rings is 1. The fourth-order valence-electron chi connectivity index (χ4n) is 3.33. The van der Waals surface area contributed by atoms with E-state index in [1.54, 1.807) is 11.3 Å². The number of ether oxygens (including phenoxy) is 2. The van der Waals surface area contributed by atoms with Crippen molar-refractivity contribution < 1.29 is 14.6 Å². The van der Waals surface area contributed by atoms with E-state index in [0.717, 1.165) is 39.3 Å². The molecular weight excluding hydrogens is 336 g/mol. The molecule has 0 spiro atoms. The van der Waals surface area contributed by atoms with Gasteiger partial charge in [0.05, 0.1) is 29.1 Å². The molecule has 5 nitrogen and oxygen atoms in total. The van der Waals surface area contributed by atoms with Gasteiger partial charge in [0, 0.05) is 17.0 Å². The Hall–Kier alpha value is -1.73. The van der Waals surface area contributed by atoms with Crippen LogP contribution in [0.4, 0.5) is 0 Å². The Morgan fingerprint density at radius 3 is 2.84 bits per heavy atom. The summed E-state index contributed by atoms with van der Waals surface area (Å²) in [6.07, 6.45) is -0.0815. The van der Waals surface area contributed by atoms with E-state index in [-0.39, 0.29) is 6.29 Å². The molecule has 6 heteroatoms. The lowest BCUT2D eigenvalue weighted by molar-refractivity contribution is -0.0414. The molecule has 3 heterocycles. The summed E-state index contributed by atoms with van der Waals surface area (Å²) in [4.78, 5) is 6.78. The lowest BCUT2D eigenvalue weighted by atomic mass is 10.1. The van der Waals surface area contributed by atoms with E-state index >= 15 is 0 Å². The first kappa shape index (κ1) is 16.7. The summed E-state index contributed by atoms with van der Waals surface area (Å²) in [5.41, 5.74) is 2.86. The predicted molar refractivity (Wildman–Crippen MR) is 97.8 cm³/mol. The first-order valence-corrected chi connectivity index (χ1v) is 9.47. The van der Waals surface area contributed by atoms with Crippen LogP contribution in [0.3, 0.4) is 0 Å². The van der Waals surface area contributed by atoms with Crippen molar-refractivity contribution in [2.45, 2.75) is 39.2 Å². The van der Waals surface area contributed by atoms with Crippen molar-refractivity contribution in [1.29, 1.82) is 0 Å². The molecule has 0 bridgehead atoms. The van der Waals surface area contributed by atoms with Gasteiger partial charge in [-0.2, -0.15) is 0 Å². The molecular formula is C19H22N2O3S. The Bertz CT molecular complexity index is 880. The van der Waals surface area contributed by atoms with E-state index in [4.69, 9.17) is 14.5 Å². The smallest absolute Gasteiger partial charge is 0.193 e. The summed E-state index contributed by atoms with van der Waals surface area (Å²) in [6, 6.07) is 10.0. The van der Waals surface area contributed by atoms with Crippen molar-refractivity contribution in [3.8, 4) is 0 Å². The number of aromatic nitrogens is 2. The number of imidazole rings is 1. The first-order chi connectivity index (χ1) is 12.2. The number of aliphatic hydroxyl groups excluding tert-OH is 1. The van der Waals surface area contributed by atoms with Gasteiger partial charge >= 0.3 is 0 Å². The van der Waals surface area contributed by atoms with Gasteiger partial charge in [-0.1, -0.05) is 19.1 Å². The zero-order chi connectivity index (χ0) is 17.4. The van der Waals surface area contributed by atoms with E-state index in [2.05, 4.69) is 17.6 Å².